The third-order valence-electron chi connectivity index (χ3n) is 4.91. The Labute approximate surface area is 190 Å². The van der Waals surface area contributed by atoms with Crippen LogP contribution in [0.4, 0.5) is 5.69 Å². The third kappa shape index (κ3) is 5.82. The number of aliphatic carboxylic acids is 1. The largest absolute Gasteiger partial charge is 0.496 e. The molecule has 0 saturated heterocycles. The Morgan fingerprint density at radius 2 is 2.03 bits per heavy atom. The number of rotatable bonds is 11. The van der Waals surface area contributed by atoms with Crippen molar-refractivity contribution < 1.29 is 19.4 Å². The first kappa shape index (κ1) is 23.2. The summed E-state index contributed by atoms with van der Waals surface area (Å²) in [6.45, 7) is 0.534. The Balaban J connectivity index is 1.94. The van der Waals surface area contributed by atoms with Crippen molar-refractivity contribution in [1.29, 1.82) is 0 Å². The number of hydrogen-bond donors (Lipinski definition) is 4. The molecule has 8 nitrogen and oxygen atoms in total. The maximum Gasteiger partial charge on any atom is 0.326 e. The first-order valence-corrected chi connectivity index (χ1v) is 11.4. The summed E-state index contributed by atoms with van der Waals surface area (Å²) >= 11 is 1.53. The molecule has 3 rings (SSSR count). The Kier molecular flexibility index (Phi) is 8.15. The molecular weight excluding hydrogens is 428 g/mol. The molecule has 0 fully saturated rings. The van der Waals surface area contributed by atoms with Crippen molar-refractivity contribution in [2.75, 3.05) is 24.4 Å². The van der Waals surface area contributed by atoms with Crippen LogP contribution in [0, 0.1) is 0 Å². The van der Waals surface area contributed by atoms with E-state index in [4.69, 9.17) is 4.74 Å². The van der Waals surface area contributed by atoms with Crippen LogP contribution in [-0.4, -0.2) is 52.1 Å². The van der Waals surface area contributed by atoms with E-state index in [1.807, 2.05) is 36.6 Å². The molecule has 1 aromatic heterocycles. The lowest BCUT2D eigenvalue weighted by Crippen LogP contribution is -2.41. The van der Waals surface area contributed by atoms with Gasteiger partial charge >= 0.3 is 5.97 Å². The zero-order valence-corrected chi connectivity index (χ0v) is 18.7. The van der Waals surface area contributed by atoms with Gasteiger partial charge in [-0.25, -0.2) is 9.78 Å². The molecule has 0 spiro atoms. The summed E-state index contributed by atoms with van der Waals surface area (Å²) in [6.07, 6.45) is 5.59. The minimum absolute atomic E-state index is 0.343. The second-order valence-electron chi connectivity index (χ2n) is 7.04. The fraction of sp³-hybridized carbons (Fsp3) is 0.261. The predicted molar refractivity (Wildman–Crippen MR) is 126 cm³/mol. The molecule has 0 radical (unpaired) electrons. The molecule has 1 heterocycles. The fourth-order valence-electron chi connectivity index (χ4n) is 3.25. The number of nitrogens with one attached hydrogen (secondary N) is 3. The van der Waals surface area contributed by atoms with Gasteiger partial charge in [0, 0.05) is 28.6 Å². The Hall–Kier alpha value is -3.46. The number of aromatic nitrogens is 2. The van der Waals surface area contributed by atoms with E-state index in [-0.39, 0.29) is 0 Å². The van der Waals surface area contributed by atoms with Crippen molar-refractivity contribution in [3.63, 3.8) is 0 Å². The minimum atomic E-state index is -1.05. The maximum absolute atomic E-state index is 13.1. The minimum Gasteiger partial charge on any atom is -0.496 e. The third-order valence-corrected chi connectivity index (χ3v) is 5.56. The molecule has 2 aromatic carbocycles. The number of ether oxygens (including phenoxy) is 1. The van der Waals surface area contributed by atoms with Crippen LogP contribution in [-0.2, 0) is 11.3 Å². The number of carbonyl (C=O) groups excluding carboxylic acids is 1. The number of carbonyl (C=O) groups is 2. The van der Waals surface area contributed by atoms with Gasteiger partial charge in [0.25, 0.3) is 5.91 Å². The molecular formula is C23H26N4O4S. The highest BCUT2D eigenvalue weighted by molar-refractivity contribution is 7.98. The number of imidazole rings is 1. The molecule has 0 bridgehead atoms. The highest BCUT2D eigenvalue weighted by Crippen LogP contribution is 2.34. The first-order chi connectivity index (χ1) is 15.5. The molecule has 0 aliphatic rings. The normalized spacial score (nSPS) is 11.6. The number of methoxy groups -OCH3 is 1. The Morgan fingerprint density at radius 3 is 2.72 bits per heavy atom. The Bertz CT molecular complexity index is 1060. The molecule has 0 aliphatic carbocycles. The van der Waals surface area contributed by atoms with Crippen LogP contribution in [0.25, 0.3) is 11.1 Å². The van der Waals surface area contributed by atoms with E-state index in [9.17, 15) is 14.7 Å². The van der Waals surface area contributed by atoms with Crippen molar-refractivity contribution in [2.24, 2.45) is 0 Å². The van der Waals surface area contributed by atoms with Crippen LogP contribution in [0.1, 0.15) is 22.5 Å². The SMILES string of the molecule is COc1ccccc1-c1cc(NCc2cnc[nH]2)ccc1C(=O)N[C@@H](CCSC)C(=O)O. The van der Waals surface area contributed by atoms with Crippen LogP contribution in [0.15, 0.2) is 55.0 Å². The lowest BCUT2D eigenvalue weighted by atomic mass is 9.97. The quantitative estimate of drug-likeness (QED) is 0.350. The zero-order chi connectivity index (χ0) is 22.9. The predicted octanol–water partition coefficient (Wildman–Crippen LogP) is 3.63. The van der Waals surface area contributed by atoms with E-state index in [2.05, 4.69) is 20.6 Å². The zero-order valence-electron chi connectivity index (χ0n) is 17.9. The average molecular weight is 455 g/mol. The number of nitrogens with zero attached hydrogens (tertiary/aromatic N) is 1. The van der Waals surface area contributed by atoms with E-state index in [0.29, 0.717) is 35.6 Å². The number of para-hydroxylation sites is 1. The van der Waals surface area contributed by atoms with E-state index in [1.165, 1.54) is 11.8 Å². The number of hydrogen-bond acceptors (Lipinski definition) is 6. The van der Waals surface area contributed by atoms with Crippen molar-refractivity contribution in [2.45, 2.75) is 19.0 Å². The number of carboxylic acids is 1. The number of anilines is 1. The molecule has 0 aliphatic heterocycles. The molecule has 1 amide bonds. The van der Waals surface area contributed by atoms with Crippen molar-refractivity contribution in [1.82, 2.24) is 15.3 Å². The van der Waals surface area contributed by atoms with Gasteiger partial charge in [0.05, 0.1) is 25.7 Å². The molecule has 9 heteroatoms. The van der Waals surface area contributed by atoms with E-state index < -0.39 is 17.9 Å². The van der Waals surface area contributed by atoms with Gasteiger partial charge in [0.15, 0.2) is 0 Å². The van der Waals surface area contributed by atoms with E-state index in [0.717, 1.165) is 16.9 Å². The fourth-order valence-corrected chi connectivity index (χ4v) is 3.72. The summed E-state index contributed by atoms with van der Waals surface area (Å²) in [4.78, 5) is 31.8. The van der Waals surface area contributed by atoms with Crippen LogP contribution in [0.2, 0.25) is 0 Å². The van der Waals surface area contributed by atoms with Gasteiger partial charge in [-0.2, -0.15) is 11.8 Å². The second kappa shape index (κ2) is 11.2. The number of carboxylic acid groups (broad SMARTS) is 1. The standard InChI is InChI=1S/C23H26N4O4S/c1-31-21-6-4-3-5-17(21)19-11-15(25-13-16-12-24-14-26-16)7-8-18(19)22(28)27-20(23(29)30)9-10-32-2/h3-8,11-12,14,20,25H,9-10,13H2,1-2H3,(H,24,26)(H,27,28)(H,29,30)/t20-/m0/s1. The summed E-state index contributed by atoms with van der Waals surface area (Å²) in [6, 6.07) is 11.8. The van der Waals surface area contributed by atoms with Gasteiger partial charge in [-0.1, -0.05) is 18.2 Å². The number of benzene rings is 2. The smallest absolute Gasteiger partial charge is 0.326 e. The summed E-state index contributed by atoms with van der Waals surface area (Å²) in [5.74, 6) is -0.249. The number of aromatic amines is 1. The van der Waals surface area contributed by atoms with Gasteiger partial charge in [-0.05, 0) is 42.7 Å². The van der Waals surface area contributed by atoms with Gasteiger partial charge in [-0.15, -0.1) is 0 Å². The highest BCUT2D eigenvalue weighted by Gasteiger charge is 2.23. The molecule has 168 valence electrons. The monoisotopic (exact) mass is 454 g/mol. The number of thioether (sulfide) groups is 1. The number of amides is 1. The summed E-state index contributed by atoms with van der Waals surface area (Å²) in [7, 11) is 1.57. The van der Waals surface area contributed by atoms with Crippen molar-refractivity contribution in [3.05, 3.63) is 66.2 Å². The topological polar surface area (TPSA) is 116 Å². The molecule has 0 saturated carbocycles. The van der Waals surface area contributed by atoms with Gasteiger partial charge < -0.3 is 25.5 Å². The lowest BCUT2D eigenvalue weighted by molar-refractivity contribution is -0.139. The molecule has 3 aromatic rings. The van der Waals surface area contributed by atoms with Crippen LogP contribution < -0.4 is 15.4 Å². The van der Waals surface area contributed by atoms with Gasteiger partial charge in [-0.3, -0.25) is 4.79 Å². The van der Waals surface area contributed by atoms with Crippen LogP contribution in [0.5, 0.6) is 5.75 Å². The van der Waals surface area contributed by atoms with E-state index >= 15 is 0 Å². The molecule has 1 atom stereocenters. The van der Waals surface area contributed by atoms with Crippen molar-refractivity contribution >= 4 is 29.3 Å². The van der Waals surface area contributed by atoms with E-state index in [1.54, 1.807) is 31.8 Å². The van der Waals surface area contributed by atoms with Crippen LogP contribution >= 0.6 is 11.8 Å². The molecule has 4 N–H and O–H groups in total. The van der Waals surface area contributed by atoms with Crippen molar-refractivity contribution in [3.8, 4) is 16.9 Å². The average Bonchev–Trinajstić information content (AvgIpc) is 3.33. The highest BCUT2D eigenvalue weighted by atomic mass is 32.2. The summed E-state index contributed by atoms with van der Waals surface area (Å²) in [5.41, 5.74) is 3.47. The van der Waals surface area contributed by atoms with Crippen LogP contribution in [0.3, 0.4) is 0 Å². The Morgan fingerprint density at radius 1 is 1.22 bits per heavy atom. The summed E-state index contributed by atoms with van der Waals surface area (Å²) < 4.78 is 5.50. The summed E-state index contributed by atoms with van der Waals surface area (Å²) in [5, 5.41) is 15.5. The number of H-pyrrole nitrogens is 1. The van der Waals surface area contributed by atoms with Gasteiger partial charge in [0.1, 0.15) is 11.8 Å². The molecule has 32 heavy (non-hydrogen) atoms. The lowest BCUT2D eigenvalue weighted by Gasteiger charge is -2.18. The maximum atomic E-state index is 13.1. The first-order valence-electron chi connectivity index (χ1n) is 10.0. The van der Waals surface area contributed by atoms with Gasteiger partial charge in [0.2, 0.25) is 0 Å². The molecule has 0 unspecified atom stereocenters. The second-order valence-corrected chi connectivity index (χ2v) is 8.02.